The number of benzene rings is 2. The number of halogens is 1. The zero-order chi connectivity index (χ0) is 18.7. The van der Waals surface area contributed by atoms with E-state index in [1.54, 1.807) is 16.8 Å². The smallest absolute Gasteiger partial charge is 0.274 e. The fourth-order valence-electron chi connectivity index (χ4n) is 2.68. The molecule has 0 atom stereocenters. The van der Waals surface area contributed by atoms with Crippen LogP contribution in [0.1, 0.15) is 47.1 Å². The fourth-order valence-corrected chi connectivity index (χ4v) is 2.86. The van der Waals surface area contributed by atoms with E-state index >= 15 is 0 Å². The van der Waals surface area contributed by atoms with Gasteiger partial charge >= 0.3 is 0 Å². The summed E-state index contributed by atoms with van der Waals surface area (Å²) in [5, 5.41) is 11.6. The molecule has 0 fully saturated rings. The zero-order valence-electron chi connectivity index (χ0n) is 15.0. The molecule has 0 saturated heterocycles. The molecule has 1 N–H and O–H groups in total. The van der Waals surface area contributed by atoms with Gasteiger partial charge in [0.05, 0.1) is 11.4 Å². The van der Waals surface area contributed by atoms with Crippen molar-refractivity contribution < 1.29 is 4.79 Å². The predicted octanol–water partition coefficient (Wildman–Crippen LogP) is 4.28. The van der Waals surface area contributed by atoms with Gasteiger partial charge in [-0.2, -0.15) is 0 Å². The molecular formula is C20H21ClN4O. The molecule has 0 unspecified atom stereocenters. The SMILES string of the molecule is Cc1c(C(=O)NCc2ccc(C(C)C)cc2)nnn1-c1cccc(Cl)c1. The molecular weight excluding hydrogens is 348 g/mol. The zero-order valence-corrected chi connectivity index (χ0v) is 15.8. The van der Waals surface area contributed by atoms with Gasteiger partial charge in [0.2, 0.25) is 0 Å². The third-order valence-electron chi connectivity index (χ3n) is 4.26. The first kappa shape index (κ1) is 18.1. The summed E-state index contributed by atoms with van der Waals surface area (Å²) in [6, 6.07) is 15.5. The number of hydrogen-bond donors (Lipinski definition) is 1. The molecule has 3 rings (SSSR count). The van der Waals surface area contributed by atoms with Crippen LogP contribution >= 0.6 is 11.6 Å². The van der Waals surface area contributed by atoms with Crippen molar-refractivity contribution in [3.8, 4) is 5.69 Å². The van der Waals surface area contributed by atoms with E-state index in [0.29, 0.717) is 28.9 Å². The molecule has 1 aromatic heterocycles. The summed E-state index contributed by atoms with van der Waals surface area (Å²) >= 11 is 6.02. The van der Waals surface area contributed by atoms with Crippen molar-refractivity contribution in [3.63, 3.8) is 0 Å². The van der Waals surface area contributed by atoms with E-state index < -0.39 is 0 Å². The van der Waals surface area contributed by atoms with Crippen LogP contribution < -0.4 is 5.32 Å². The van der Waals surface area contributed by atoms with Crippen LogP contribution in [-0.4, -0.2) is 20.9 Å². The van der Waals surface area contributed by atoms with Crippen LogP contribution in [0.15, 0.2) is 48.5 Å². The van der Waals surface area contributed by atoms with Gasteiger partial charge in [-0.05, 0) is 42.2 Å². The van der Waals surface area contributed by atoms with Gasteiger partial charge in [0.25, 0.3) is 5.91 Å². The van der Waals surface area contributed by atoms with Crippen LogP contribution in [0.5, 0.6) is 0 Å². The Morgan fingerprint density at radius 3 is 2.58 bits per heavy atom. The Morgan fingerprint density at radius 2 is 1.92 bits per heavy atom. The molecule has 26 heavy (non-hydrogen) atoms. The molecule has 3 aromatic rings. The first-order valence-electron chi connectivity index (χ1n) is 8.51. The Hall–Kier alpha value is -2.66. The monoisotopic (exact) mass is 368 g/mol. The quantitative estimate of drug-likeness (QED) is 0.731. The molecule has 5 nitrogen and oxygen atoms in total. The molecule has 0 aliphatic rings. The van der Waals surface area contributed by atoms with Gasteiger partial charge in [-0.25, -0.2) is 4.68 Å². The Kier molecular flexibility index (Phi) is 5.38. The van der Waals surface area contributed by atoms with Gasteiger partial charge in [-0.1, -0.05) is 61.0 Å². The lowest BCUT2D eigenvalue weighted by Gasteiger charge is -2.08. The first-order valence-corrected chi connectivity index (χ1v) is 8.89. The van der Waals surface area contributed by atoms with Crippen molar-refractivity contribution in [3.05, 3.63) is 76.1 Å². The fraction of sp³-hybridized carbons (Fsp3) is 0.250. The first-order chi connectivity index (χ1) is 12.5. The van der Waals surface area contributed by atoms with Crippen molar-refractivity contribution in [1.82, 2.24) is 20.3 Å². The minimum absolute atomic E-state index is 0.247. The Morgan fingerprint density at radius 1 is 1.19 bits per heavy atom. The van der Waals surface area contributed by atoms with E-state index in [9.17, 15) is 4.79 Å². The minimum Gasteiger partial charge on any atom is -0.347 e. The number of rotatable bonds is 5. The predicted molar refractivity (Wildman–Crippen MR) is 103 cm³/mol. The maximum atomic E-state index is 12.5. The largest absolute Gasteiger partial charge is 0.347 e. The molecule has 0 aliphatic heterocycles. The molecule has 134 valence electrons. The van der Waals surface area contributed by atoms with Crippen LogP contribution in [0, 0.1) is 6.92 Å². The minimum atomic E-state index is -0.247. The maximum absolute atomic E-state index is 12.5. The number of nitrogens with one attached hydrogen (secondary N) is 1. The highest BCUT2D eigenvalue weighted by Gasteiger charge is 2.17. The standard InChI is InChI=1S/C20H21ClN4O/c1-13(2)16-9-7-15(8-10-16)12-22-20(26)19-14(3)25(24-23-19)18-6-4-5-17(21)11-18/h4-11,13H,12H2,1-3H3,(H,22,26). The maximum Gasteiger partial charge on any atom is 0.274 e. The van der Waals surface area contributed by atoms with Crippen molar-refractivity contribution in [2.45, 2.75) is 33.2 Å². The average Bonchev–Trinajstić information content (AvgIpc) is 3.01. The highest BCUT2D eigenvalue weighted by molar-refractivity contribution is 6.30. The topological polar surface area (TPSA) is 59.8 Å². The Labute approximate surface area is 158 Å². The van der Waals surface area contributed by atoms with Gasteiger partial charge < -0.3 is 5.32 Å². The van der Waals surface area contributed by atoms with E-state index in [1.807, 2.05) is 31.2 Å². The lowest BCUT2D eigenvalue weighted by molar-refractivity contribution is 0.0945. The number of nitrogens with zero attached hydrogens (tertiary/aromatic N) is 3. The summed E-state index contributed by atoms with van der Waals surface area (Å²) in [6.45, 7) is 6.57. The van der Waals surface area contributed by atoms with Crippen LogP contribution in [0.25, 0.3) is 5.69 Å². The number of carbonyl (C=O) groups is 1. The van der Waals surface area contributed by atoms with Gasteiger partial charge in [0, 0.05) is 11.6 Å². The normalized spacial score (nSPS) is 11.0. The number of amides is 1. The Balaban J connectivity index is 1.70. The highest BCUT2D eigenvalue weighted by atomic mass is 35.5. The molecule has 1 heterocycles. The molecule has 0 aliphatic carbocycles. The van der Waals surface area contributed by atoms with E-state index in [2.05, 4.69) is 41.6 Å². The third kappa shape index (κ3) is 3.94. The second-order valence-corrected chi connectivity index (χ2v) is 6.93. The van der Waals surface area contributed by atoms with Crippen LogP contribution in [0.3, 0.4) is 0 Å². The summed E-state index contributed by atoms with van der Waals surface area (Å²) in [5.74, 6) is 0.242. The number of hydrogen-bond acceptors (Lipinski definition) is 3. The molecule has 2 aromatic carbocycles. The second kappa shape index (κ2) is 7.70. The van der Waals surface area contributed by atoms with E-state index in [0.717, 1.165) is 11.3 Å². The van der Waals surface area contributed by atoms with Gasteiger partial charge in [-0.3, -0.25) is 4.79 Å². The van der Waals surface area contributed by atoms with Gasteiger partial charge in [0.15, 0.2) is 5.69 Å². The summed E-state index contributed by atoms with van der Waals surface area (Å²) < 4.78 is 1.61. The molecule has 0 spiro atoms. The number of carbonyl (C=O) groups excluding carboxylic acids is 1. The molecule has 0 saturated carbocycles. The summed E-state index contributed by atoms with van der Waals surface area (Å²) in [7, 11) is 0. The average molecular weight is 369 g/mol. The van der Waals surface area contributed by atoms with Crippen molar-refractivity contribution >= 4 is 17.5 Å². The van der Waals surface area contributed by atoms with Crippen LogP contribution in [0.4, 0.5) is 0 Å². The summed E-state index contributed by atoms with van der Waals surface area (Å²) in [5.41, 5.74) is 4.07. The van der Waals surface area contributed by atoms with E-state index in [-0.39, 0.29) is 5.91 Å². The Bertz CT molecular complexity index is 916. The summed E-state index contributed by atoms with van der Waals surface area (Å²) in [6.07, 6.45) is 0. The third-order valence-corrected chi connectivity index (χ3v) is 4.50. The molecule has 1 amide bonds. The van der Waals surface area contributed by atoms with Crippen molar-refractivity contribution in [2.75, 3.05) is 0 Å². The van der Waals surface area contributed by atoms with Crippen molar-refractivity contribution in [1.29, 1.82) is 0 Å². The highest BCUT2D eigenvalue weighted by Crippen LogP contribution is 2.17. The van der Waals surface area contributed by atoms with Crippen LogP contribution in [-0.2, 0) is 6.54 Å². The van der Waals surface area contributed by atoms with E-state index in [4.69, 9.17) is 11.6 Å². The molecule has 6 heteroatoms. The van der Waals surface area contributed by atoms with E-state index in [1.165, 1.54) is 5.56 Å². The lowest BCUT2D eigenvalue weighted by atomic mass is 10.0. The van der Waals surface area contributed by atoms with Crippen molar-refractivity contribution in [2.24, 2.45) is 0 Å². The van der Waals surface area contributed by atoms with Gasteiger partial charge in [-0.15, -0.1) is 5.10 Å². The molecule has 0 bridgehead atoms. The van der Waals surface area contributed by atoms with Gasteiger partial charge in [0.1, 0.15) is 0 Å². The van der Waals surface area contributed by atoms with Crippen LogP contribution in [0.2, 0.25) is 5.02 Å². The lowest BCUT2D eigenvalue weighted by Crippen LogP contribution is -2.24. The summed E-state index contributed by atoms with van der Waals surface area (Å²) in [4.78, 5) is 12.5. The second-order valence-electron chi connectivity index (χ2n) is 6.49. The number of aromatic nitrogens is 3. The molecule has 0 radical (unpaired) electrons.